The lowest BCUT2D eigenvalue weighted by atomic mass is 10.1. The predicted octanol–water partition coefficient (Wildman–Crippen LogP) is 2.94. The van der Waals surface area contributed by atoms with Gasteiger partial charge in [-0.3, -0.25) is 4.90 Å². The minimum Gasteiger partial charge on any atom is -0.367 e. The van der Waals surface area contributed by atoms with Gasteiger partial charge in [0.2, 0.25) is 0 Å². The van der Waals surface area contributed by atoms with Crippen LogP contribution >= 0.6 is 0 Å². The van der Waals surface area contributed by atoms with E-state index in [1.165, 1.54) is 37.1 Å². The van der Waals surface area contributed by atoms with E-state index in [1.807, 2.05) is 6.20 Å². The zero-order valence-electron chi connectivity index (χ0n) is 11.9. The minimum absolute atomic E-state index is 0.498. The molecule has 1 unspecified atom stereocenters. The predicted molar refractivity (Wildman–Crippen MR) is 82.5 cm³/mol. The molecule has 1 saturated heterocycles. The van der Waals surface area contributed by atoms with Gasteiger partial charge in [-0.05, 0) is 43.1 Å². The smallest absolute Gasteiger partial charge is 0.0472 e. The molecule has 2 N–H and O–H groups in total. The summed E-state index contributed by atoms with van der Waals surface area (Å²) < 4.78 is 0. The molecule has 1 aliphatic heterocycles. The van der Waals surface area contributed by atoms with Crippen molar-refractivity contribution in [3.63, 3.8) is 0 Å². The molecule has 1 aromatic heterocycles. The molecule has 0 radical (unpaired) electrons. The highest BCUT2D eigenvalue weighted by molar-refractivity contribution is 5.20. The maximum Gasteiger partial charge on any atom is 0.0472 e. The third-order valence-corrected chi connectivity index (χ3v) is 4.09. The van der Waals surface area contributed by atoms with Crippen LogP contribution in [0.1, 0.15) is 30.0 Å². The average molecular weight is 269 g/mol. The Morgan fingerprint density at radius 3 is 2.60 bits per heavy atom. The fraction of sp³-hybridized carbons (Fsp3) is 0.412. The first-order chi connectivity index (χ1) is 9.93. The largest absolute Gasteiger partial charge is 0.367 e. The molecule has 3 rings (SSSR count). The van der Waals surface area contributed by atoms with Crippen LogP contribution < -0.4 is 5.32 Å². The van der Waals surface area contributed by atoms with Crippen molar-refractivity contribution in [2.75, 3.05) is 19.6 Å². The Balaban J connectivity index is 1.63. The quantitative estimate of drug-likeness (QED) is 0.845. The van der Waals surface area contributed by atoms with E-state index in [4.69, 9.17) is 0 Å². The van der Waals surface area contributed by atoms with Gasteiger partial charge in [-0.1, -0.05) is 30.3 Å². The molecule has 1 aliphatic rings. The maximum atomic E-state index is 3.60. The Morgan fingerprint density at radius 1 is 1.10 bits per heavy atom. The van der Waals surface area contributed by atoms with Crippen LogP contribution in [0.2, 0.25) is 0 Å². The fourth-order valence-corrected chi connectivity index (χ4v) is 3.01. The van der Waals surface area contributed by atoms with E-state index >= 15 is 0 Å². The van der Waals surface area contributed by atoms with E-state index in [1.54, 1.807) is 0 Å². The summed E-state index contributed by atoms with van der Waals surface area (Å²) in [5, 5.41) is 3.60. The molecular weight excluding hydrogens is 246 g/mol. The van der Waals surface area contributed by atoms with Gasteiger partial charge in [0, 0.05) is 31.5 Å². The Bertz CT molecular complexity index is 486. The van der Waals surface area contributed by atoms with E-state index in [0.29, 0.717) is 6.04 Å². The van der Waals surface area contributed by atoms with E-state index in [9.17, 15) is 0 Å². The summed E-state index contributed by atoms with van der Waals surface area (Å²) in [6.45, 7) is 4.40. The number of nitrogens with zero attached hydrogens (tertiary/aromatic N) is 1. The average Bonchev–Trinajstić information content (AvgIpc) is 3.18. The monoisotopic (exact) mass is 269 g/mol. The highest BCUT2D eigenvalue weighted by Crippen LogP contribution is 2.24. The lowest BCUT2D eigenvalue weighted by molar-refractivity contribution is 0.238. The van der Waals surface area contributed by atoms with Crippen LogP contribution in [-0.2, 0) is 6.54 Å². The van der Waals surface area contributed by atoms with Gasteiger partial charge in [0.15, 0.2) is 0 Å². The molecule has 0 aliphatic carbocycles. The van der Waals surface area contributed by atoms with Crippen LogP contribution in [0.4, 0.5) is 0 Å². The number of H-pyrrole nitrogens is 1. The summed E-state index contributed by atoms with van der Waals surface area (Å²) in [6.07, 6.45) is 6.70. The number of nitrogens with one attached hydrogen (secondary N) is 2. The van der Waals surface area contributed by atoms with Crippen molar-refractivity contribution in [2.45, 2.75) is 25.4 Å². The van der Waals surface area contributed by atoms with Crippen LogP contribution in [0.5, 0.6) is 0 Å². The molecular formula is C17H23N3. The lowest BCUT2D eigenvalue weighted by Crippen LogP contribution is -2.33. The van der Waals surface area contributed by atoms with Gasteiger partial charge in [0.05, 0.1) is 0 Å². The first kappa shape index (κ1) is 13.4. The van der Waals surface area contributed by atoms with Crippen molar-refractivity contribution >= 4 is 0 Å². The van der Waals surface area contributed by atoms with Crippen LogP contribution in [0.3, 0.4) is 0 Å². The van der Waals surface area contributed by atoms with E-state index < -0.39 is 0 Å². The second kappa shape index (κ2) is 6.73. The summed E-state index contributed by atoms with van der Waals surface area (Å²) in [5.41, 5.74) is 2.74. The van der Waals surface area contributed by atoms with Crippen molar-refractivity contribution in [1.82, 2.24) is 15.2 Å². The van der Waals surface area contributed by atoms with Crippen molar-refractivity contribution in [3.8, 4) is 0 Å². The molecule has 0 bridgehead atoms. The number of hydrogen-bond donors (Lipinski definition) is 2. The summed E-state index contributed by atoms with van der Waals surface area (Å²) in [4.78, 5) is 5.71. The SMILES string of the molecule is c1ccc(C(CNCc2cc[nH]c2)N2CCCC2)cc1. The summed E-state index contributed by atoms with van der Waals surface area (Å²) in [5.74, 6) is 0. The normalized spacial score (nSPS) is 17.4. The molecule has 2 aromatic rings. The molecule has 20 heavy (non-hydrogen) atoms. The summed E-state index contributed by atoms with van der Waals surface area (Å²) in [7, 11) is 0. The highest BCUT2D eigenvalue weighted by atomic mass is 15.2. The molecule has 0 amide bonds. The number of rotatable bonds is 6. The fourth-order valence-electron chi connectivity index (χ4n) is 3.01. The Hall–Kier alpha value is -1.58. The molecule has 1 aromatic carbocycles. The van der Waals surface area contributed by atoms with Crippen molar-refractivity contribution < 1.29 is 0 Å². The Morgan fingerprint density at radius 2 is 1.90 bits per heavy atom. The molecule has 3 nitrogen and oxygen atoms in total. The Kier molecular flexibility index (Phi) is 4.51. The van der Waals surface area contributed by atoms with Gasteiger partial charge in [-0.25, -0.2) is 0 Å². The number of hydrogen-bond acceptors (Lipinski definition) is 2. The van der Waals surface area contributed by atoms with E-state index in [0.717, 1.165) is 13.1 Å². The molecule has 1 fully saturated rings. The van der Waals surface area contributed by atoms with Crippen molar-refractivity contribution in [3.05, 3.63) is 59.9 Å². The van der Waals surface area contributed by atoms with Crippen LogP contribution in [-0.4, -0.2) is 29.5 Å². The van der Waals surface area contributed by atoms with E-state index in [-0.39, 0.29) is 0 Å². The zero-order chi connectivity index (χ0) is 13.6. The number of likely N-dealkylation sites (tertiary alicyclic amines) is 1. The molecule has 1 atom stereocenters. The van der Waals surface area contributed by atoms with Gasteiger partial charge in [-0.2, -0.15) is 0 Å². The van der Waals surface area contributed by atoms with Gasteiger partial charge < -0.3 is 10.3 Å². The molecule has 106 valence electrons. The first-order valence-electron chi connectivity index (χ1n) is 7.55. The highest BCUT2D eigenvalue weighted by Gasteiger charge is 2.22. The third-order valence-electron chi connectivity index (χ3n) is 4.09. The Labute approximate surface area is 121 Å². The number of aromatic amines is 1. The second-order valence-corrected chi connectivity index (χ2v) is 5.52. The number of aromatic nitrogens is 1. The van der Waals surface area contributed by atoms with Crippen molar-refractivity contribution in [2.24, 2.45) is 0 Å². The van der Waals surface area contributed by atoms with Crippen LogP contribution in [0.15, 0.2) is 48.8 Å². The van der Waals surface area contributed by atoms with Crippen molar-refractivity contribution in [1.29, 1.82) is 0 Å². The van der Waals surface area contributed by atoms with Crippen LogP contribution in [0, 0.1) is 0 Å². The summed E-state index contributed by atoms with van der Waals surface area (Å²) >= 11 is 0. The third kappa shape index (κ3) is 3.30. The van der Waals surface area contributed by atoms with Gasteiger partial charge >= 0.3 is 0 Å². The van der Waals surface area contributed by atoms with Gasteiger partial charge in [-0.15, -0.1) is 0 Å². The maximum absolute atomic E-state index is 3.60. The van der Waals surface area contributed by atoms with E-state index in [2.05, 4.69) is 57.8 Å². The molecule has 0 spiro atoms. The second-order valence-electron chi connectivity index (χ2n) is 5.52. The summed E-state index contributed by atoms with van der Waals surface area (Å²) in [6, 6.07) is 13.5. The first-order valence-corrected chi connectivity index (χ1v) is 7.55. The van der Waals surface area contributed by atoms with Crippen LogP contribution in [0.25, 0.3) is 0 Å². The number of benzene rings is 1. The standard InChI is InChI=1S/C17H23N3/c1-2-6-16(7-3-1)17(20-10-4-5-11-20)14-19-13-15-8-9-18-12-15/h1-3,6-9,12,17-19H,4-5,10-11,13-14H2. The van der Waals surface area contributed by atoms with Gasteiger partial charge in [0.1, 0.15) is 0 Å². The molecule has 2 heterocycles. The molecule has 3 heteroatoms. The van der Waals surface area contributed by atoms with Gasteiger partial charge in [0.25, 0.3) is 0 Å². The lowest BCUT2D eigenvalue weighted by Gasteiger charge is -2.28. The molecule has 0 saturated carbocycles. The zero-order valence-corrected chi connectivity index (χ0v) is 11.9. The minimum atomic E-state index is 0.498. The topological polar surface area (TPSA) is 31.1 Å².